The monoisotopic (exact) mass is 238 g/mol. The second kappa shape index (κ2) is 3.50. The number of hydrogen-bond acceptors (Lipinski definition) is 3. The average molecular weight is 239 g/mol. The minimum Gasteiger partial charge on any atom is -0.481 e. The summed E-state index contributed by atoms with van der Waals surface area (Å²) in [5, 5.41) is 26.5. The van der Waals surface area contributed by atoms with Crippen LogP contribution in [0, 0.1) is 39.4 Å². The van der Waals surface area contributed by atoms with Gasteiger partial charge in [-0.25, -0.2) is 0 Å². The Morgan fingerprint density at radius 3 is 2.00 bits per heavy atom. The maximum atomic E-state index is 11.0. The molecule has 0 aromatic heterocycles. The van der Waals surface area contributed by atoms with Crippen molar-refractivity contribution in [1.82, 2.24) is 0 Å². The summed E-state index contributed by atoms with van der Waals surface area (Å²) in [6, 6.07) is 3.38. The van der Waals surface area contributed by atoms with Gasteiger partial charge in [-0.05, 0) is 5.41 Å². The van der Waals surface area contributed by atoms with Crippen LogP contribution in [0.4, 0.5) is 0 Å². The van der Waals surface area contributed by atoms with Crippen LogP contribution >= 0.6 is 11.6 Å². The number of allylic oxidation sites excluding steroid dienone is 2. The van der Waals surface area contributed by atoms with E-state index in [1.807, 2.05) is 0 Å². The van der Waals surface area contributed by atoms with E-state index in [4.69, 9.17) is 27.2 Å². The second-order valence-corrected chi connectivity index (χ2v) is 4.99. The van der Waals surface area contributed by atoms with Crippen molar-refractivity contribution in [3.63, 3.8) is 0 Å². The quantitative estimate of drug-likeness (QED) is 0.748. The lowest BCUT2D eigenvalue weighted by Gasteiger charge is -2.12. The van der Waals surface area contributed by atoms with Crippen LogP contribution in [0.25, 0.3) is 0 Å². The first-order valence-corrected chi connectivity index (χ1v) is 5.06. The minimum atomic E-state index is -0.958. The Balaban J connectivity index is 3.29. The molecule has 0 amide bonds. The number of rotatable bonds is 2. The molecule has 2 atom stereocenters. The molecule has 0 saturated heterocycles. The van der Waals surface area contributed by atoms with Crippen LogP contribution in [-0.2, 0) is 4.79 Å². The SMILES string of the molecule is CC1(C)C(C(=O)O)C1(C)C(Cl)=C(C#N)C#N. The number of carboxylic acids is 1. The highest BCUT2D eigenvalue weighted by atomic mass is 35.5. The molecule has 5 heteroatoms. The Kier molecular flexibility index (Phi) is 2.75. The van der Waals surface area contributed by atoms with Gasteiger partial charge in [-0.3, -0.25) is 4.79 Å². The molecule has 2 unspecified atom stereocenters. The number of nitrogens with zero attached hydrogens (tertiary/aromatic N) is 2. The van der Waals surface area contributed by atoms with Gasteiger partial charge in [0, 0.05) is 5.41 Å². The van der Waals surface area contributed by atoms with Gasteiger partial charge in [0.25, 0.3) is 0 Å². The topological polar surface area (TPSA) is 84.9 Å². The predicted octanol–water partition coefficient (Wildman–Crippen LogP) is 2.27. The molecule has 1 N–H and O–H groups in total. The number of hydrogen-bond donors (Lipinski definition) is 1. The lowest BCUT2D eigenvalue weighted by atomic mass is 9.95. The highest BCUT2D eigenvalue weighted by Gasteiger charge is 2.73. The Morgan fingerprint density at radius 1 is 1.31 bits per heavy atom. The second-order valence-electron chi connectivity index (χ2n) is 4.61. The van der Waals surface area contributed by atoms with Gasteiger partial charge in [0.1, 0.15) is 17.7 Å². The molecule has 0 spiro atoms. The summed E-state index contributed by atoms with van der Waals surface area (Å²) in [7, 11) is 0. The van der Waals surface area contributed by atoms with Gasteiger partial charge < -0.3 is 5.11 Å². The highest BCUT2D eigenvalue weighted by molar-refractivity contribution is 6.32. The maximum Gasteiger partial charge on any atom is 0.308 e. The van der Waals surface area contributed by atoms with Crippen molar-refractivity contribution in [3.8, 4) is 12.1 Å². The van der Waals surface area contributed by atoms with Crippen LogP contribution in [0.5, 0.6) is 0 Å². The van der Waals surface area contributed by atoms with E-state index >= 15 is 0 Å². The van der Waals surface area contributed by atoms with Crippen LogP contribution in [0.2, 0.25) is 0 Å². The summed E-state index contributed by atoms with van der Waals surface area (Å²) in [6.07, 6.45) is 0. The summed E-state index contributed by atoms with van der Waals surface area (Å²) < 4.78 is 0. The molecule has 1 fully saturated rings. The lowest BCUT2D eigenvalue weighted by molar-refractivity contribution is -0.139. The van der Waals surface area contributed by atoms with Gasteiger partial charge >= 0.3 is 5.97 Å². The van der Waals surface area contributed by atoms with Gasteiger partial charge in [-0.15, -0.1) is 0 Å². The smallest absolute Gasteiger partial charge is 0.308 e. The number of carboxylic acid groups (broad SMARTS) is 1. The van der Waals surface area contributed by atoms with Gasteiger partial charge in [0.05, 0.1) is 11.0 Å². The number of aliphatic carboxylic acids is 1. The molecule has 0 radical (unpaired) electrons. The Morgan fingerprint density at radius 2 is 1.75 bits per heavy atom. The van der Waals surface area contributed by atoms with Crippen LogP contribution in [0.15, 0.2) is 10.6 Å². The van der Waals surface area contributed by atoms with E-state index in [0.29, 0.717) is 0 Å². The lowest BCUT2D eigenvalue weighted by Crippen LogP contribution is -2.08. The van der Waals surface area contributed by atoms with Gasteiger partial charge in [-0.2, -0.15) is 10.5 Å². The Hall–Kier alpha value is -1.52. The van der Waals surface area contributed by atoms with Gasteiger partial charge in [0.2, 0.25) is 0 Å². The molecule has 0 bridgehead atoms. The first kappa shape index (κ1) is 12.5. The molecule has 1 saturated carbocycles. The molecule has 1 aliphatic rings. The third-order valence-electron chi connectivity index (χ3n) is 3.70. The molecule has 0 aliphatic heterocycles. The summed E-state index contributed by atoms with van der Waals surface area (Å²) in [6.45, 7) is 5.20. The zero-order valence-electron chi connectivity index (χ0n) is 9.21. The fourth-order valence-electron chi connectivity index (χ4n) is 2.33. The Bertz CT molecular complexity index is 451. The van der Waals surface area contributed by atoms with Gasteiger partial charge in [-0.1, -0.05) is 32.4 Å². The zero-order valence-corrected chi connectivity index (χ0v) is 9.96. The standard InChI is InChI=1S/C11H11ClN2O2/c1-10(2)7(9(15)16)11(10,3)8(12)6(4-13)5-14/h7H,1-3H3,(H,15,16). The molecule has 0 aromatic rings. The summed E-state index contributed by atoms with van der Waals surface area (Å²) in [4.78, 5) is 11.0. The van der Waals surface area contributed by atoms with Crippen molar-refractivity contribution in [2.45, 2.75) is 20.8 Å². The van der Waals surface area contributed by atoms with E-state index in [-0.39, 0.29) is 10.6 Å². The molecule has 1 aliphatic carbocycles. The van der Waals surface area contributed by atoms with E-state index in [1.54, 1.807) is 32.9 Å². The van der Waals surface area contributed by atoms with Crippen LogP contribution in [0.1, 0.15) is 20.8 Å². The van der Waals surface area contributed by atoms with Gasteiger partial charge in [0.15, 0.2) is 0 Å². The summed E-state index contributed by atoms with van der Waals surface area (Å²) >= 11 is 5.98. The van der Waals surface area contributed by atoms with E-state index < -0.39 is 22.7 Å². The molecule has 84 valence electrons. The third kappa shape index (κ3) is 1.31. The van der Waals surface area contributed by atoms with Crippen molar-refractivity contribution in [2.24, 2.45) is 16.7 Å². The fraction of sp³-hybridized carbons (Fsp3) is 0.545. The number of carbonyl (C=O) groups is 1. The molecule has 0 aromatic carbocycles. The fourth-order valence-corrected chi connectivity index (χ4v) is 2.77. The highest BCUT2D eigenvalue weighted by Crippen LogP contribution is 2.73. The molecule has 0 heterocycles. The largest absolute Gasteiger partial charge is 0.481 e. The van der Waals surface area contributed by atoms with Crippen molar-refractivity contribution < 1.29 is 9.90 Å². The number of nitriles is 2. The minimum absolute atomic E-state index is 0.0508. The van der Waals surface area contributed by atoms with Crippen molar-refractivity contribution in [1.29, 1.82) is 10.5 Å². The van der Waals surface area contributed by atoms with Crippen LogP contribution < -0.4 is 0 Å². The van der Waals surface area contributed by atoms with Crippen LogP contribution in [0.3, 0.4) is 0 Å². The zero-order chi connectivity index (χ0) is 12.7. The Labute approximate surface area is 98.7 Å². The maximum absolute atomic E-state index is 11.0. The summed E-state index contributed by atoms with van der Waals surface area (Å²) in [5.41, 5.74) is -1.59. The van der Waals surface area contributed by atoms with E-state index in [2.05, 4.69) is 0 Å². The van der Waals surface area contributed by atoms with E-state index in [1.165, 1.54) is 0 Å². The molecular weight excluding hydrogens is 228 g/mol. The molecule has 16 heavy (non-hydrogen) atoms. The van der Waals surface area contributed by atoms with E-state index in [9.17, 15) is 4.79 Å². The average Bonchev–Trinajstić information content (AvgIpc) is 2.64. The molecular formula is C11H11ClN2O2. The summed E-state index contributed by atoms with van der Waals surface area (Å²) in [5.74, 6) is -1.62. The molecule has 1 rings (SSSR count). The van der Waals surface area contributed by atoms with Crippen LogP contribution in [-0.4, -0.2) is 11.1 Å². The number of halogens is 1. The predicted molar refractivity (Wildman–Crippen MR) is 57.1 cm³/mol. The van der Waals surface area contributed by atoms with Crippen molar-refractivity contribution >= 4 is 17.6 Å². The first-order valence-electron chi connectivity index (χ1n) is 4.68. The third-order valence-corrected chi connectivity index (χ3v) is 4.28. The first-order chi connectivity index (χ1) is 7.25. The van der Waals surface area contributed by atoms with Crippen molar-refractivity contribution in [3.05, 3.63) is 10.6 Å². The normalized spacial score (nSPS) is 29.8. The molecule has 4 nitrogen and oxygen atoms in total. The van der Waals surface area contributed by atoms with E-state index in [0.717, 1.165) is 0 Å². The van der Waals surface area contributed by atoms with Crippen molar-refractivity contribution in [2.75, 3.05) is 0 Å².